The molecule has 1 aliphatic rings. The van der Waals surface area contributed by atoms with Gasteiger partial charge in [0.1, 0.15) is 12.4 Å². The summed E-state index contributed by atoms with van der Waals surface area (Å²) in [5.74, 6) is 2.45. The zero-order valence-corrected chi connectivity index (χ0v) is 20.3. The molecular weight excluding hydrogens is 522 g/mol. The molecular formula is C20H29F3IN7. The predicted molar refractivity (Wildman–Crippen MR) is 124 cm³/mol. The first kappa shape index (κ1) is 25.4. The Morgan fingerprint density at radius 2 is 1.87 bits per heavy atom. The second-order valence-corrected chi connectivity index (χ2v) is 7.35. The number of aliphatic imine (C=N–C) groups is 1. The van der Waals surface area contributed by atoms with Gasteiger partial charge in [-0.3, -0.25) is 4.90 Å². The van der Waals surface area contributed by atoms with Gasteiger partial charge in [-0.2, -0.15) is 13.2 Å². The summed E-state index contributed by atoms with van der Waals surface area (Å²) in [4.78, 5) is 9.04. The van der Waals surface area contributed by atoms with E-state index in [0.717, 1.165) is 56.4 Å². The van der Waals surface area contributed by atoms with Crippen LogP contribution in [0.1, 0.15) is 29.7 Å². The van der Waals surface area contributed by atoms with Crippen molar-refractivity contribution in [3.8, 4) is 0 Å². The smallest absolute Gasteiger partial charge is 0.357 e. The highest BCUT2D eigenvalue weighted by Gasteiger charge is 2.30. The van der Waals surface area contributed by atoms with Crippen LogP contribution in [0.3, 0.4) is 0 Å². The van der Waals surface area contributed by atoms with Crippen LogP contribution in [-0.4, -0.2) is 63.2 Å². The molecule has 1 fully saturated rings. The Kier molecular flexibility index (Phi) is 9.10. The Morgan fingerprint density at radius 3 is 2.45 bits per heavy atom. The number of nitrogens with zero attached hydrogens (tertiary/aromatic N) is 6. The van der Waals surface area contributed by atoms with E-state index in [0.29, 0.717) is 18.7 Å². The van der Waals surface area contributed by atoms with Crippen molar-refractivity contribution in [2.75, 3.05) is 32.7 Å². The Bertz CT molecular complexity index is 874. The number of hydrogen-bond acceptors (Lipinski definition) is 4. The fourth-order valence-corrected chi connectivity index (χ4v) is 3.38. The Morgan fingerprint density at radius 1 is 1.16 bits per heavy atom. The minimum Gasteiger partial charge on any atom is -0.357 e. The summed E-state index contributed by atoms with van der Waals surface area (Å²) < 4.78 is 40.7. The lowest BCUT2D eigenvalue weighted by Gasteiger charge is -2.36. The van der Waals surface area contributed by atoms with E-state index >= 15 is 0 Å². The first-order valence-electron chi connectivity index (χ1n) is 10.0. The molecule has 1 saturated heterocycles. The second-order valence-electron chi connectivity index (χ2n) is 7.35. The zero-order valence-electron chi connectivity index (χ0n) is 18.0. The van der Waals surface area contributed by atoms with Gasteiger partial charge in [0, 0.05) is 46.3 Å². The predicted octanol–water partition coefficient (Wildman–Crippen LogP) is 3.04. The van der Waals surface area contributed by atoms with Crippen molar-refractivity contribution >= 4 is 29.9 Å². The summed E-state index contributed by atoms with van der Waals surface area (Å²) in [6, 6.07) is 5.56. The molecule has 0 spiro atoms. The van der Waals surface area contributed by atoms with E-state index < -0.39 is 11.7 Å². The number of hydrogen-bond donors (Lipinski definition) is 1. The molecule has 11 heteroatoms. The van der Waals surface area contributed by atoms with E-state index in [1.54, 1.807) is 6.07 Å². The number of piperazine rings is 1. The van der Waals surface area contributed by atoms with Gasteiger partial charge in [-0.1, -0.05) is 18.2 Å². The molecule has 1 aromatic heterocycles. The summed E-state index contributed by atoms with van der Waals surface area (Å²) in [6.45, 7) is 8.62. The van der Waals surface area contributed by atoms with Crippen molar-refractivity contribution < 1.29 is 13.2 Å². The lowest BCUT2D eigenvalue weighted by Crippen LogP contribution is -2.52. The highest BCUT2D eigenvalue weighted by Crippen LogP contribution is 2.29. The van der Waals surface area contributed by atoms with E-state index in [9.17, 15) is 13.2 Å². The molecule has 0 aliphatic carbocycles. The lowest BCUT2D eigenvalue weighted by atomic mass is 10.1. The highest BCUT2D eigenvalue weighted by atomic mass is 127. The molecule has 0 amide bonds. The quantitative estimate of drug-likeness (QED) is 0.352. The van der Waals surface area contributed by atoms with E-state index in [1.165, 1.54) is 12.1 Å². The van der Waals surface area contributed by atoms with Crippen molar-refractivity contribution in [2.45, 2.75) is 33.1 Å². The van der Waals surface area contributed by atoms with Crippen molar-refractivity contribution in [1.82, 2.24) is 29.9 Å². The lowest BCUT2D eigenvalue weighted by molar-refractivity contribution is -0.137. The third-order valence-electron chi connectivity index (χ3n) is 5.22. The second kappa shape index (κ2) is 11.1. The van der Waals surface area contributed by atoms with E-state index in [2.05, 4.69) is 25.3 Å². The normalized spacial score (nSPS) is 15.7. The Labute approximate surface area is 197 Å². The van der Waals surface area contributed by atoms with Crippen LogP contribution in [0, 0.1) is 6.92 Å². The van der Waals surface area contributed by atoms with Gasteiger partial charge in [-0.05, 0) is 25.5 Å². The maximum absolute atomic E-state index is 12.9. The molecule has 7 nitrogen and oxygen atoms in total. The van der Waals surface area contributed by atoms with Crippen molar-refractivity contribution in [3.63, 3.8) is 0 Å². The van der Waals surface area contributed by atoms with Gasteiger partial charge in [0.25, 0.3) is 0 Å². The number of guanidine groups is 1. The molecule has 31 heavy (non-hydrogen) atoms. The van der Waals surface area contributed by atoms with Crippen LogP contribution in [-0.2, 0) is 26.3 Å². The molecule has 0 bridgehead atoms. The first-order valence-corrected chi connectivity index (χ1v) is 10.0. The largest absolute Gasteiger partial charge is 0.416 e. The van der Waals surface area contributed by atoms with E-state index in [-0.39, 0.29) is 24.0 Å². The monoisotopic (exact) mass is 551 g/mol. The average Bonchev–Trinajstić information content (AvgIpc) is 3.03. The molecule has 1 N–H and O–H groups in total. The number of aromatic nitrogens is 3. The molecule has 0 unspecified atom stereocenters. The average molecular weight is 551 g/mol. The Hall–Kier alpha value is -1.89. The van der Waals surface area contributed by atoms with Crippen LogP contribution in [0.5, 0.6) is 0 Å². The number of halogens is 4. The maximum Gasteiger partial charge on any atom is 0.416 e. The topological polar surface area (TPSA) is 61.6 Å². The highest BCUT2D eigenvalue weighted by molar-refractivity contribution is 14.0. The minimum absolute atomic E-state index is 0. The molecule has 0 saturated carbocycles. The summed E-state index contributed by atoms with van der Waals surface area (Å²) in [5, 5.41) is 11.5. The van der Waals surface area contributed by atoms with Crippen molar-refractivity contribution in [1.29, 1.82) is 0 Å². The molecule has 172 valence electrons. The SMILES string of the molecule is CCNC(=NCc1nnc(C)n1C)N1CCN(Cc2cccc(C(F)(F)F)c2)CC1.I. The molecule has 2 heterocycles. The number of benzene rings is 1. The summed E-state index contributed by atoms with van der Waals surface area (Å²) in [6.07, 6.45) is -4.31. The first-order chi connectivity index (χ1) is 14.3. The van der Waals surface area contributed by atoms with Crippen molar-refractivity contribution in [3.05, 3.63) is 47.0 Å². The van der Waals surface area contributed by atoms with Gasteiger partial charge in [0.05, 0.1) is 5.56 Å². The fourth-order valence-electron chi connectivity index (χ4n) is 3.38. The van der Waals surface area contributed by atoms with Gasteiger partial charge in [-0.15, -0.1) is 34.2 Å². The summed E-state index contributed by atoms with van der Waals surface area (Å²) >= 11 is 0. The van der Waals surface area contributed by atoms with Crippen molar-refractivity contribution in [2.24, 2.45) is 12.0 Å². The molecule has 0 atom stereocenters. The van der Waals surface area contributed by atoms with Gasteiger partial charge in [0.15, 0.2) is 11.8 Å². The number of alkyl halides is 3. The Balaban J connectivity index is 0.00000341. The van der Waals surface area contributed by atoms with Crippen LogP contribution >= 0.6 is 24.0 Å². The van der Waals surface area contributed by atoms with Crippen LogP contribution in [0.2, 0.25) is 0 Å². The molecule has 3 rings (SSSR count). The molecule has 1 aromatic carbocycles. The number of rotatable bonds is 5. The summed E-state index contributed by atoms with van der Waals surface area (Å²) in [7, 11) is 1.92. The minimum atomic E-state index is -4.31. The van der Waals surface area contributed by atoms with Gasteiger partial charge < -0.3 is 14.8 Å². The third-order valence-corrected chi connectivity index (χ3v) is 5.22. The number of aryl methyl sites for hydroxylation is 1. The van der Waals surface area contributed by atoms with Gasteiger partial charge in [-0.25, -0.2) is 4.99 Å². The zero-order chi connectivity index (χ0) is 21.7. The summed E-state index contributed by atoms with van der Waals surface area (Å²) in [5.41, 5.74) is 0.0794. The van der Waals surface area contributed by atoms with Crippen LogP contribution in [0.25, 0.3) is 0 Å². The van der Waals surface area contributed by atoms with Gasteiger partial charge in [0.2, 0.25) is 0 Å². The maximum atomic E-state index is 12.9. The van der Waals surface area contributed by atoms with Crippen LogP contribution in [0.4, 0.5) is 13.2 Å². The standard InChI is InChI=1S/C20H28F3N7.HI/c1-4-24-19(25-13-18-27-26-15(2)28(18)3)30-10-8-29(9-11-30)14-16-6-5-7-17(12-16)20(21,22)23;/h5-7,12H,4,8-11,13-14H2,1-3H3,(H,24,25);1H. The molecule has 2 aromatic rings. The van der Waals surface area contributed by atoms with Gasteiger partial charge >= 0.3 is 6.18 Å². The van der Waals surface area contributed by atoms with E-state index in [4.69, 9.17) is 4.99 Å². The van der Waals surface area contributed by atoms with E-state index in [1.807, 2.05) is 25.5 Å². The van der Waals surface area contributed by atoms with Crippen LogP contribution < -0.4 is 5.32 Å². The van der Waals surface area contributed by atoms with Crippen LogP contribution in [0.15, 0.2) is 29.3 Å². The molecule has 0 radical (unpaired) electrons. The number of nitrogens with one attached hydrogen (secondary N) is 1. The fraction of sp³-hybridized carbons (Fsp3) is 0.550. The molecule has 1 aliphatic heterocycles. The third kappa shape index (κ3) is 6.79.